The summed E-state index contributed by atoms with van der Waals surface area (Å²) in [6, 6.07) is 7.54. The van der Waals surface area contributed by atoms with Gasteiger partial charge in [0.2, 0.25) is 5.91 Å². The Balaban J connectivity index is 0.00000208. The summed E-state index contributed by atoms with van der Waals surface area (Å²) in [5, 5.41) is 13.3. The van der Waals surface area contributed by atoms with Crippen molar-refractivity contribution in [2.45, 2.75) is 19.4 Å². The predicted octanol–water partition coefficient (Wildman–Crippen LogP) is 1.52. The zero-order chi connectivity index (χ0) is 16.1. The number of hydrogen-bond donors (Lipinski definition) is 3. The zero-order valence-electron chi connectivity index (χ0n) is 13.5. The van der Waals surface area contributed by atoms with Gasteiger partial charge in [0, 0.05) is 11.5 Å². The van der Waals surface area contributed by atoms with Crippen LogP contribution in [0.2, 0.25) is 0 Å². The molecule has 0 bridgehead atoms. The largest absolute Gasteiger partial charge is 0.497 e. The summed E-state index contributed by atoms with van der Waals surface area (Å²) >= 11 is 0. The van der Waals surface area contributed by atoms with E-state index in [0.717, 1.165) is 37.2 Å². The number of hydrogen-bond acceptors (Lipinski definition) is 5. The average Bonchev–Trinajstić information content (AvgIpc) is 3.09. The second kappa shape index (κ2) is 8.65. The maximum Gasteiger partial charge on any atom is 0.223 e. The third kappa shape index (κ3) is 4.46. The molecule has 3 rings (SSSR count). The van der Waals surface area contributed by atoms with Crippen LogP contribution in [0, 0.1) is 5.92 Å². The van der Waals surface area contributed by atoms with Gasteiger partial charge in [0.1, 0.15) is 11.6 Å². The van der Waals surface area contributed by atoms with Crippen LogP contribution >= 0.6 is 12.4 Å². The fourth-order valence-corrected chi connectivity index (χ4v) is 2.64. The first-order chi connectivity index (χ1) is 11.3. The van der Waals surface area contributed by atoms with E-state index in [1.807, 2.05) is 24.3 Å². The topological polar surface area (TPSA) is 91.9 Å². The van der Waals surface area contributed by atoms with Crippen LogP contribution in [-0.4, -0.2) is 41.3 Å². The molecule has 0 spiro atoms. The molecule has 3 N–H and O–H groups in total. The molecule has 0 aliphatic carbocycles. The number of carbonyl (C=O) groups excluding carboxylic acids is 1. The van der Waals surface area contributed by atoms with Crippen LogP contribution in [0.1, 0.15) is 18.7 Å². The van der Waals surface area contributed by atoms with Gasteiger partial charge in [-0.2, -0.15) is 5.10 Å². The van der Waals surface area contributed by atoms with Crippen molar-refractivity contribution in [1.82, 2.24) is 25.8 Å². The Morgan fingerprint density at radius 3 is 2.67 bits per heavy atom. The maximum absolute atomic E-state index is 12.1. The molecule has 1 fully saturated rings. The third-order valence-corrected chi connectivity index (χ3v) is 4.02. The smallest absolute Gasteiger partial charge is 0.223 e. The predicted molar refractivity (Wildman–Crippen MR) is 93.1 cm³/mol. The zero-order valence-corrected chi connectivity index (χ0v) is 14.4. The molecule has 1 aromatic carbocycles. The van der Waals surface area contributed by atoms with Crippen LogP contribution in [0.4, 0.5) is 0 Å². The van der Waals surface area contributed by atoms with Crippen LogP contribution in [0.25, 0.3) is 11.4 Å². The number of ether oxygens (including phenoxy) is 1. The summed E-state index contributed by atoms with van der Waals surface area (Å²) < 4.78 is 5.13. The third-order valence-electron chi connectivity index (χ3n) is 4.02. The molecule has 1 aliphatic heterocycles. The normalized spacial score (nSPS) is 14.7. The highest BCUT2D eigenvalue weighted by atomic mass is 35.5. The molecule has 0 unspecified atom stereocenters. The van der Waals surface area contributed by atoms with Gasteiger partial charge >= 0.3 is 0 Å². The van der Waals surface area contributed by atoms with Crippen molar-refractivity contribution in [3.63, 3.8) is 0 Å². The van der Waals surface area contributed by atoms with E-state index in [1.54, 1.807) is 7.11 Å². The summed E-state index contributed by atoms with van der Waals surface area (Å²) in [7, 11) is 1.63. The van der Waals surface area contributed by atoms with E-state index in [1.165, 1.54) is 0 Å². The average molecular weight is 352 g/mol. The maximum atomic E-state index is 12.1. The minimum absolute atomic E-state index is 0. The van der Waals surface area contributed by atoms with Crippen LogP contribution in [-0.2, 0) is 11.3 Å². The van der Waals surface area contributed by atoms with Crippen molar-refractivity contribution in [3.8, 4) is 17.1 Å². The number of amides is 1. The number of nitrogens with one attached hydrogen (secondary N) is 3. The second-order valence-corrected chi connectivity index (χ2v) is 5.58. The minimum Gasteiger partial charge on any atom is -0.497 e. The number of carbonyl (C=O) groups is 1. The van der Waals surface area contributed by atoms with E-state index in [9.17, 15) is 4.79 Å². The summed E-state index contributed by atoms with van der Waals surface area (Å²) in [6.45, 7) is 2.18. The highest BCUT2D eigenvalue weighted by Crippen LogP contribution is 2.19. The molecule has 2 aromatic rings. The van der Waals surface area contributed by atoms with E-state index in [0.29, 0.717) is 18.2 Å². The monoisotopic (exact) mass is 351 g/mol. The van der Waals surface area contributed by atoms with Gasteiger partial charge in [-0.05, 0) is 50.2 Å². The van der Waals surface area contributed by atoms with Gasteiger partial charge in [-0.15, -0.1) is 12.4 Å². The summed E-state index contributed by atoms with van der Waals surface area (Å²) in [5.74, 6) is 2.24. The van der Waals surface area contributed by atoms with E-state index < -0.39 is 0 Å². The lowest BCUT2D eigenvalue weighted by molar-refractivity contribution is -0.125. The Morgan fingerprint density at radius 1 is 1.29 bits per heavy atom. The van der Waals surface area contributed by atoms with Gasteiger partial charge in [0.25, 0.3) is 0 Å². The van der Waals surface area contributed by atoms with Crippen molar-refractivity contribution >= 4 is 18.3 Å². The Kier molecular flexibility index (Phi) is 6.57. The Labute approximate surface area is 147 Å². The fourth-order valence-electron chi connectivity index (χ4n) is 2.64. The molecule has 0 saturated carbocycles. The fraction of sp³-hybridized carbons (Fsp3) is 0.438. The van der Waals surface area contributed by atoms with Crippen molar-refractivity contribution in [2.24, 2.45) is 5.92 Å². The summed E-state index contributed by atoms with van der Waals surface area (Å²) in [5.41, 5.74) is 0.901. The molecular weight excluding hydrogens is 330 g/mol. The number of aromatic amines is 1. The number of H-pyrrole nitrogens is 1. The van der Waals surface area contributed by atoms with Crippen molar-refractivity contribution in [3.05, 3.63) is 30.1 Å². The molecule has 8 heteroatoms. The number of nitrogens with zero attached hydrogens (tertiary/aromatic N) is 2. The number of rotatable bonds is 5. The molecule has 24 heavy (non-hydrogen) atoms. The molecule has 2 heterocycles. The second-order valence-electron chi connectivity index (χ2n) is 5.58. The SMILES string of the molecule is COc1ccc(-c2n[nH]c(CNC(=O)C3CCNCC3)n2)cc1.Cl. The lowest BCUT2D eigenvalue weighted by Crippen LogP contribution is -2.38. The molecule has 130 valence electrons. The molecule has 1 saturated heterocycles. The Bertz CT molecular complexity index is 653. The number of benzene rings is 1. The van der Waals surface area contributed by atoms with Crippen LogP contribution in [0.15, 0.2) is 24.3 Å². The summed E-state index contributed by atoms with van der Waals surface area (Å²) in [6.07, 6.45) is 1.78. The Hall–Kier alpha value is -2.12. The van der Waals surface area contributed by atoms with E-state index in [4.69, 9.17) is 4.74 Å². The number of methoxy groups -OCH3 is 1. The number of piperidine rings is 1. The lowest BCUT2D eigenvalue weighted by atomic mass is 9.97. The van der Waals surface area contributed by atoms with Crippen LogP contribution < -0.4 is 15.4 Å². The van der Waals surface area contributed by atoms with Gasteiger partial charge in [0.05, 0.1) is 13.7 Å². The highest BCUT2D eigenvalue weighted by Gasteiger charge is 2.20. The number of halogens is 1. The van der Waals surface area contributed by atoms with E-state index >= 15 is 0 Å². The van der Waals surface area contributed by atoms with Gasteiger partial charge < -0.3 is 15.4 Å². The number of aromatic nitrogens is 3. The van der Waals surface area contributed by atoms with Gasteiger partial charge in [-0.25, -0.2) is 4.98 Å². The molecule has 0 radical (unpaired) electrons. The Morgan fingerprint density at radius 2 is 2.00 bits per heavy atom. The van der Waals surface area contributed by atoms with Crippen LogP contribution in [0.3, 0.4) is 0 Å². The van der Waals surface area contributed by atoms with Crippen molar-refractivity contribution in [1.29, 1.82) is 0 Å². The highest BCUT2D eigenvalue weighted by molar-refractivity contribution is 5.85. The quantitative estimate of drug-likeness (QED) is 0.759. The standard InChI is InChI=1S/C16H21N5O2.ClH/c1-23-13-4-2-11(3-5-13)15-19-14(20-21-15)10-18-16(22)12-6-8-17-9-7-12;/h2-5,12,17H,6-10H2,1H3,(H,18,22)(H,19,20,21);1H. The molecule has 0 atom stereocenters. The molecular formula is C16H22ClN5O2. The van der Waals surface area contributed by atoms with Gasteiger partial charge in [-0.3, -0.25) is 9.89 Å². The first-order valence-corrected chi connectivity index (χ1v) is 7.80. The first-order valence-electron chi connectivity index (χ1n) is 7.80. The summed E-state index contributed by atoms with van der Waals surface area (Å²) in [4.78, 5) is 16.5. The van der Waals surface area contributed by atoms with Crippen molar-refractivity contribution < 1.29 is 9.53 Å². The molecule has 7 nitrogen and oxygen atoms in total. The van der Waals surface area contributed by atoms with Crippen molar-refractivity contribution in [2.75, 3.05) is 20.2 Å². The first kappa shape index (κ1) is 18.2. The van der Waals surface area contributed by atoms with E-state index in [2.05, 4.69) is 25.8 Å². The van der Waals surface area contributed by atoms with Crippen LogP contribution in [0.5, 0.6) is 5.75 Å². The molecule has 1 aliphatic rings. The van der Waals surface area contributed by atoms with Gasteiger partial charge in [0.15, 0.2) is 5.82 Å². The molecule has 1 aromatic heterocycles. The van der Waals surface area contributed by atoms with E-state index in [-0.39, 0.29) is 24.2 Å². The lowest BCUT2D eigenvalue weighted by Gasteiger charge is -2.21. The molecule has 1 amide bonds. The van der Waals surface area contributed by atoms with Gasteiger partial charge in [-0.1, -0.05) is 0 Å². The minimum atomic E-state index is 0.